The molecule has 1 rings (SSSR count). The molecule has 0 atom stereocenters. The number of nitrogens with one attached hydrogen (secondary N) is 1. The zero-order chi connectivity index (χ0) is 12.6. The number of hydrogen-bond acceptors (Lipinski definition) is 2. The molecule has 0 aromatic heterocycles. The lowest BCUT2D eigenvalue weighted by Crippen LogP contribution is -2.43. The average Bonchev–Trinajstić information content (AvgIpc) is 2.76. The van der Waals surface area contributed by atoms with E-state index in [0.717, 1.165) is 6.54 Å². The Hall–Kier alpha value is -0.0800. The molecule has 102 valence electrons. The highest BCUT2D eigenvalue weighted by molar-refractivity contribution is 4.89. The molecule has 1 saturated carbocycles. The Morgan fingerprint density at radius 1 is 1.00 bits per heavy atom. The van der Waals surface area contributed by atoms with Crippen molar-refractivity contribution in [2.24, 2.45) is 5.41 Å². The van der Waals surface area contributed by atoms with E-state index in [-0.39, 0.29) is 0 Å². The predicted molar refractivity (Wildman–Crippen MR) is 76.5 cm³/mol. The zero-order valence-corrected chi connectivity index (χ0v) is 12.2. The van der Waals surface area contributed by atoms with Gasteiger partial charge in [0.2, 0.25) is 0 Å². The van der Waals surface area contributed by atoms with Gasteiger partial charge < -0.3 is 10.2 Å². The van der Waals surface area contributed by atoms with Crippen molar-refractivity contribution in [2.45, 2.75) is 59.3 Å². The molecule has 1 fully saturated rings. The monoisotopic (exact) mass is 240 g/mol. The Labute approximate surface area is 108 Å². The third-order valence-electron chi connectivity index (χ3n) is 4.05. The van der Waals surface area contributed by atoms with Crippen molar-refractivity contribution < 1.29 is 0 Å². The summed E-state index contributed by atoms with van der Waals surface area (Å²) in [5.74, 6) is 0. The van der Waals surface area contributed by atoms with E-state index < -0.39 is 0 Å². The van der Waals surface area contributed by atoms with Crippen LogP contribution >= 0.6 is 0 Å². The standard InChI is InChI=1S/C15H32N2/c1-4-11-17(12-5-2)14-15(13-16-6-3)9-7-8-10-15/h16H,4-14H2,1-3H3. The van der Waals surface area contributed by atoms with E-state index in [4.69, 9.17) is 0 Å². The van der Waals surface area contributed by atoms with Gasteiger partial charge in [0, 0.05) is 13.1 Å². The van der Waals surface area contributed by atoms with Gasteiger partial charge in [-0.2, -0.15) is 0 Å². The van der Waals surface area contributed by atoms with Crippen molar-refractivity contribution in [1.82, 2.24) is 10.2 Å². The lowest BCUT2D eigenvalue weighted by molar-refractivity contribution is 0.149. The van der Waals surface area contributed by atoms with Crippen LogP contribution in [0.4, 0.5) is 0 Å². The molecule has 0 aromatic rings. The summed E-state index contributed by atoms with van der Waals surface area (Å²) in [6.45, 7) is 13.0. The molecule has 0 aliphatic heterocycles. The molecular weight excluding hydrogens is 208 g/mol. The summed E-state index contributed by atoms with van der Waals surface area (Å²) in [5, 5.41) is 3.59. The van der Waals surface area contributed by atoms with Gasteiger partial charge in [0.15, 0.2) is 0 Å². The lowest BCUT2D eigenvalue weighted by atomic mass is 9.85. The lowest BCUT2D eigenvalue weighted by Gasteiger charge is -2.35. The summed E-state index contributed by atoms with van der Waals surface area (Å²) in [7, 11) is 0. The summed E-state index contributed by atoms with van der Waals surface area (Å²) < 4.78 is 0. The first-order chi connectivity index (χ1) is 8.26. The molecule has 0 amide bonds. The predicted octanol–water partition coefficient (Wildman–Crippen LogP) is 3.28. The Balaban J connectivity index is 2.50. The fraction of sp³-hybridized carbons (Fsp3) is 1.00. The maximum Gasteiger partial charge on any atom is 0.00501 e. The number of nitrogens with zero attached hydrogens (tertiary/aromatic N) is 1. The highest BCUT2D eigenvalue weighted by Crippen LogP contribution is 2.38. The van der Waals surface area contributed by atoms with Crippen molar-refractivity contribution in [2.75, 3.05) is 32.7 Å². The SMILES string of the molecule is CCCN(CCC)CC1(CNCC)CCCC1. The van der Waals surface area contributed by atoms with Crippen LogP contribution in [0.3, 0.4) is 0 Å². The molecule has 0 heterocycles. The largest absolute Gasteiger partial charge is 0.316 e. The van der Waals surface area contributed by atoms with E-state index in [9.17, 15) is 0 Å². The maximum atomic E-state index is 3.59. The topological polar surface area (TPSA) is 15.3 Å². The summed E-state index contributed by atoms with van der Waals surface area (Å²) in [4.78, 5) is 2.70. The molecule has 2 nitrogen and oxygen atoms in total. The van der Waals surface area contributed by atoms with E-state index in [0.29, 0.717) is 5.41 Å². The van der Waals surface area contributed by atoms with Gasteiger partial charge in [0.1, 0.15) is 0 Å². The van der Waals surface area contributed by atoms with E-state index in [2.05, 4.69) is 31.0 Å². The van der Waals surface area contributed by atoms with Crippen LogP contribution in [0, 0.1) is 5.41 Å². The van der Waals surface area contributed by atoms with E-state index in [1.165, 1.54) is 64.7 Å². The molecule has 0 radical (unpaired) electrons. The quantitative estimate of drug-likeness (QED) is 0.665. The van der Waals surface area contributed by atoms with Crippen LogP contribution in [-0.4, -0.2) is 37.6 Å². The molecule has 0 bridgehead atoms. The van der Waals surface area contributed by atoms with Gasteiger partial charge in [-0.25, -0.2) is 0 Å². The molecule has 2 heteroatoms. The highest BCUT2D eigenvalue weighted by atomic mass is 15.1. The average molecular weight is 240 g/mol. The first-order valence-corrected chi connectivity index (χ1v) is 7.69. The summed E-state index contributed by atoms with van der Waals surface area (Å²) in [5.41, 5.74) is 0.584. The van der Waals surface area contributed by atoms with Crippen LogP contribution in [0.25, 0.3) is 0 Å². The fourth-order valence-corrected chi connectivity index (χ4v) is 3.28. The third-order valence-corrected chi connectivity index (χ3v) is 4.05. The first-order valence-electron chi connectivity index (χ1n) is 7.69. The molecule has 17 heavy (non-hydrogen) atoms. The number of rotatable bonds is 9. The minimum absolute atomic E-state index is 0.584. The maximum absolute atomic E-state index is 3.59. The van der Waals surface area contributed by atoms with Crippen molar-refractivity contribution in [3.63, 3.8) is 0 Å². The van der Waals surface area contributed by atoms with Crippen LogP contribution in [0.2, 0.25) is 0 Å². The van der Waals surface area contributed by atoms with Crippen LogP contribution < -0.4 is 5.32 Å². The first kappa shape index (κ1) is 15.0. The molecule has 1 N–H and O–H groups in total. The van der Waals surface area contributed by atoms with Crippen molar-refractivity contribution >= 4 is 0 Å². The second-order valence-corrected chi connectivity index (χ2v) is 5.76. The highest BCUT2D eigenvalue weighted by Gasteiger charge is 2.34. The molecule has 1 aliphatic rings. The summed E-state index contributed by atoms with van der Waals surface area (Å²) in [6.07, 6.45) is 8.33. The van der Waals surface area contributed by atoms with Crippen LogP contribution in [0.5, 0.6) is 0 Å². The summed E-state index contributed by atoms with van der Waals surface area (Å²) >= 11 is 0. The second-order valence-electron chi connectivity index (χ2n) is 5.76. The molecule has 1 aliphatic carbocycles. The van der Waals surface area contributed by atoms with E-state index in [1.54, 1.807) is 0 Å². The van der Waals surface area contributed by atoms with Gasteiger partial charge in [-0.15, -0.1) is 0 Å². The van der Waals surface area contributed by atoms with Gasteiger partial charge in [0.25, 0.3) is 0 Å². The van der Waals surface area contributed by atoms with Gasteiger partial charge in [-0.3, -0.25) is 0 Å². The Kier molecular flexibility index (Phi) is 7.14. The summed E-state index contributed by atoms with van der Waals surface area (Å²) in [6, 6.07) is 0. The van der Waals surface area contributed by atoms with Gasteiger partial charge in [-0.05, 0) is 50.7 Å². The van der Waals surface area contributed by atoms with Crippen LogP contribution in [0.1, 0.15) is 59.3 Å². The normalized spacial score (nSPS) is 19.1. The minimum Gasteiger partial charge on any atom is -0.316 e. The minimum atomic E-state index is 0.584. The van der Waals surface area contributed by atoms with E-state index in [1.807, 2.05) is 0 Å². The smallest absolute Gasteiger partial charge is 0.00501 e. The van der Waals surface area contributed by atoms with Crippen molar-refractivity contribution in [3.05, 3.63) is 0 Å². The van der Waals surface area contributed by atoms with Gasteiger partial charge >= 0.3 is 0 Å². The van der Waals surface area contributed by atoms with Gasteiger partial charge in [-0.1, -0.05) is 33.6 Å². The van der Waals surface area contributed by atoms with E-state index >= 15 is 0 Å². The van der Waals surface area contributed by atoms with Crippen LogP contribution in [-0.2, 0) is 0 Å². The zero-order valence-electron chi connectivity index (χ0n) is 12.2. The molecule has 0 spiro atoms. The Bertz CT molecular complexity index is 179. The van der Waals surface area contributed by atoms with Crippen LogP contribution in [0.15, 0.2) is 0 Å². The third kappa shape index (κ3) is 4.97. The molecule has 0 saturated heterocycles. The number of hydrogen-bond donors (Lipinski definition) is 1. The molecule has 0 aromatic carbocycles. The molecule has 0 unspecified atom stereocenters. The Morgan fingerprint density at radius 2 is 1.59 bits per heavy atom. The Morgan fingerprint density at radius 3 is 2.06 bits per heavy atom. The fourth-order valence-electron chi connectivity index (χ4n) is 3.28. The molecular formula is C15H32N2. The van der Waals surface area contributed by atoms with Crippen molar-refractivity contribution in [1.29, 1.82) is 0 Å². The van der Waals surface area contributed by atoms with Crippen molar-refractivity contribution in [3.8, 4) is 0 Å². The second kappa shape index (κ2) is 8.10. The van der Waals surface area contributed by atoms with Gasteiger partial charge in [0.05, 0.1) is 0 Å².